The van der Waals surface area contributed by atoms with Crippen molar-refractivity contribution in [3.8, 4) is 0 Å². The first kappa shape index (κ1) is 23.7. The molecule has 1 unspecified atom stereocenters. The van der Waals surface area contributed by atoms with E-state index in [0.29, 0.717) is 5.92 Å². The molecule has 0 radical (unpaired) electrons. The average molecular weight is 343 g/mol. The Morgan fingerprint density at radius 1 is 0.920 bits per heavy atom. The highest BCUT2D eigenvalue weighted by molar-refractivity contribution is 5.51. The van der Waals surface area contributed by atoms with E-state index in [0.717, 1.165) is 12.0 Å². The van der Waals surface area contributed by atoms with Gasteiger partial charge in [-0.1, -0.05) is 62.1 Å². The van der Waals surface area contributed by atoms with Crippen LogP contribution in [0.5, 0.6) is 0 Å². The van der Waals surface area contributed by atoms with Crippen LogP contribution < -0.4 is 0 Å². The monoisotopic (exact) mass is 342 g/mol. The van der Waals surface area contributed by atoms with E-state index in [2.05, 4.69) is 88.5 Å². The van der Waals surface area contributed by atoms with Crippen LogP contribution in [-0.2, 0) is 0 Å². The van der Waals surface area contributed by atoms with E-state index in [4.69, 9.17) is 0 Å². The Bertz CT molecular complexity index is 580. The summed E-state index contributed by atoms with van der Waals surface area (Å²) in [5.74, 6) is 0.641. The van der Waals surface area contributed by atoms with Crippen LogP contribution in [0.3, 0.4) is 0 Å². The lowest BCUT2D eigenvalue weighted by Gasteiger charge is -2.39. The summed E-state index contributed by atoms with van der Waals surface area (Å²) in [7, 11) is 0. The predicted octanol–water partition coefficient (Wildman–Crippen LogP) is 8.59. The molecule has 0 rings (SSSR count). The van der Waals surface area contributed by atoms with Gasteiger partial charge in [-0.15, -0.1) is 6.58 Å². The molecule has 0 bridgehead atoms. The number of hydrogen-bond donors (Lipinski definition) is 0. The van der Waals surface area contributed by atoms with Gasteiger partial charge in [-0.3, -0.25) is 0 Å². The van der Waals surface area contributed by atoms with Gasteiger partial charge in [0.1, 0.15) is 0 Å². The summed E-state index contributed by atoms with van der Waals surface area (Å²) in [4.78, 5) is 0. The molecular weight excluding hydrogens is 300 g/mol. The molecule has 0 aliphatic carbocycles. The molecule has 0 N–H and O–H groups in total. The van der Waals surface area contributed by atoms with Gasteiger partial charge in [0.2, 0.25) is 0 Å². The van der Waals surface area contributed by atoms with Crippen molar-refractivity contribution in [3.05, 3.63) is 58.2 Å². The van der Waals surface area contributed by atoms with Crippen LogP contribution in [0.2, 0.25) is 0 Å². The Kier molecular flexibility index (Phi) is 9.48. The molecule has 0 fully saturated rings. The maximum atomic E-state index is 4.12. The molecular formula is C25H42. The van der Waals surface area contributed by atoms with Gasteiger partial charge in [-0.2, -0.15) is 0 Å². The Morgan fingerprint density at radius 3 is 1.76 bits per heavy atom. The van der Waals surface area contributed by atoms with Gasteiger partial charge in [0.25, 0.3) is 0 Å². The van der Waals surface area contributed by atoms with Crippen LogP contribution in [0.4, 0.5) is 0 Å². The second-order valence-electron chi connectivity index (χ2n) is 8.72. The number of hydrogen-bond acceptors (Lipinski definition) is 0. The van der Waals surface area contributed by atoms with E-state index in [1.165, 1.54) is 46.3 Å². The van der Waals surface area contributed by atoms with Crippen LogP contribution in [0.15, 0.2) is 58.2 Å². The van der Waals surface area contributed by atoms with Crippen molar-refractivity contribution in [3.63, 3.8) is 0 Å². The summed E-state index contributed by atoms with van der Waals surface area (Å²) in [6, 6.07) is 0. The minimum Gasteiger partial charge on any atom is -0.100 e. The lowest BCUT2D eigenvalue weighted by atomic mass is 9.65. The largest absolute Gasteiger partial charge is 0.100 e. The molecule has 0 aromatic rings. The van der Waals surface area contributed by atoms with Crippen molar-refractivity contribution >= 4 is 0 Å². The van der Waals surface area contributed by atoms with Gasteiger partial charge in [0, 0.05) is 0 Å². The highest BCUT2D eigenvalue weighted by atomic mass is 14.4. The molecule has 0 saturated carbocycles. The van der Waals surface area contributed by atoms with E-state index >= 15 is 0 Å². The topological polar surface area (TPSA) is 0 Å². The SMILES string of the molecule is C=C(C)CCC(CC)C(C)(C)C(=C(C)C)C(C=C(C)C(=C)C)=C(C)C. The van der Waals surface area contributed by atoms with E-state index in [1.54, 1.807) is 0 Å². The molecule has 0 aliphatic rings. The summed E-state index contributed by atoms with van der Waals surface area (Å²) in [6.07, 6.45) is 5.85. The molecule has 0 aliphatic heterocycles. The van der Waals surface area contributed by atoms with Crippen LogP contribution in [-0.4, -0.2) is 0 Å². The molecule has 0 saturated heterocycles. The molecule has 0 nitrogen and oxygen atoms in total. The minimum absolute atomic E-state index is 0.126. The molecule has 0 amide bonds. The van der Waals surface area contributed by atoms with Crippen molar-refractivity contribution in [1.29, 1.82) is 0 Å². The van der Waals surface area contributed by atoms with Gasteiger partial charge in [-0.05, 0) is 89.4 Å². The molecule has 25 heavy (non-hydrogen) atoms. The van der Waals surface area contributed by atoms with Crippen LogP contribution in [0, 0.1) is 11.3 Å². The fourth-order valence-electron chi connectivity index (χ4n) is 3.77. The molecule has 0 spiro atoms. The van der Waals surface area contributed by atoms with Crippen molar-refractivity contribution < 1.29 is 0 Å². The van der Waals surface area contributed by atoms with E-state index in [9.17, 15) is 0 Å². The second kappa shape index (κ2) is 10.00. The van der Waals surface area contributed by atoms with Crippen molar-refractivity contribution in [2.45, 2.75) is 88.5 Å². The van der Waals surface area contributed by atoms with Crippen LogP contribution >= 0.6 is 0 Å². The zero-order chi connectivity index (χ0) is 19.9. The Balaban J connectivity index is 6.22. The van der Waals surface area contributed by atoms with Crippen molar-refractivity contribution in [2.75, 3.05) is 0 Å². The van der Waals surface area contributed by atoms with Gasteiger partial charge in [0.05, 0.1) is 0 Å². The third kappa shape index (κ3) is 6.84. The Hall–Kier alpha value is -1.30. The summed E-state index contributed by atoms with van der Waals surface area (Å²) in [5, 5.41) is 0. The fraction of sp³-hybridized carbons (Fsp3) is 0.600. The number of allylic oxidation sites excluding steroid dienone is 8. The summed E-state index contributed by atoms with van der Waals surface area (Å²) < 4.78 is 0. The maximum Gasteiger partial charge on any atom is -0.00701 e. The number of rotatable bonds is 9. The first-order valence-corrected chi connectivity index (χ1v) is 9.70. The normalized spacial score (nSPS) is 13.3. The van der Waals surface area contributed by atoms with Crippen LogP contribution in [0.25, 0.3) is 0 Å². The third-order valence-electron chi connectivity index (χ3n) is 5.42. The third-order valence-corrected chi connectivity index (χ3v) is 5.42. The van der Waals surface area contributed by atoms with E-state index in [1.807, 2.05) is 0 Å². The molecule has 0 aromatic heterocycles. The van der Waals surface area contributed by atoms with Gasteiger partial charge in [-0.25, -0.2) is 0 Å². The first-order chi connectivity index (χ1) is 11.4. The summed E-state index contributed by atoms with van der Waals surface area (Å²) >= 11 is 0. The molecule has 0 heterocycles. The Morgan fingerprint density at radius 2 is 1.44 bits per heavy atom. The lowest BCUT2D eigenvalue weighted by molar-refractivity contribution is 0.242. The highest BCUT2D eigenvalue weighted by Crippen LogP contribution is 2.46. The van der Waals surface area contributed by atoms with E-state index < -0.39 is 0 Å². The zero-order valence-electron chi connectivity index (χ0n) is 18.7. The van der Waals surface area contributed by atoms with E-state index in [-0.39, 0.29) is 5.41 Å². The molecule has 0 aromatic carbocycles. The summed E-state index contributed by atoms with van der Waals surface area (Å²) in [5.41, 5.74) is 9.50. The Labute approximate surface area is 158 Å². The maximum absolute atomic E-state index is 4.12. The lowest BCUT2D eigenvalue weighted by Crippen LogP contribution is -2.28. The highest BCUT2D eigenvalue weighted by Gasteiger charge is 2.34. The standard InChI is InChI=1S/C25H42/c1-13-22(15-14-17(2)3)25(11,12)24(20(8)9)23(19(6)7)16-21(10)18(4)5/h16,22H,2,4,13-15H2,1,3,5-12H3. The second-order valence-corrected chi connectivity index (χ2v) is 8.72. The quantitative estimate of drug-likeness (QED) is 0.290. The minimum atomic E-state index is 0.126. The average Bonchev–Trinajstić information content (AvgIpc) is 2.45. The first-order valence-electron chi connectivity index (χ1n) is 9.70. The molecule has 142 valence electrons. The van der Waals surface area contributed by atoms with Gasteiger partial charge in [0.15, 0.2) is 0 Å². The summed E-state index contributed by atoms with van der Waals surface area (Å²) in [6.45, 7) is 30.8. The molecule has 0 heteroatoms. The predicted molar refractivity (Wildman–Crippen MR) is 117 cm³/mol. The fourth-order valence-corrected chi connectivity index (χ4v) is 3.77. The van der Waals surface area contributed by atoms with Crippen molar-refractivity contribution in [2.24, 2.45) is 11.3 Å². The van der Waals surface area contributed by atoms with Crippen LogP contribution in [0.1, 0.15) is 88.5 Å². The smallest absolute Gasteiger partial charge is 0.00701 e. The zero-order valence-corrected chi connectivity index (χ0v) is 18.7. The van der Waals surface area contributed by atoms with Crippen molar-refractivity contribution in [1.82, 2.24) is 0 Å². The van der Waals surface area contributed by atoms with Gasteiger partial charge >= 0.3 is 0 Å². The molecule has 1 atom stereocenters. The van der Waals surface area contributed by atoms with Gasteiger partial charge < -0.3 is 0 Å².